The van der Waals surface area contributed by atoms with Crippen LogP contribution >= 0.6 is 15.9 Å². The van der Waals surface area contributed by atoms with Gasteiger partial charge in [-0.2, -0.15) is 0 Å². The number of nitrogens with zero attached hydrogens (tertiary/aromatic N) is 2. The summed E-state index contributed by atoms with van der Waals surface area (Å²) in [5.41, 5.74) is 8.47. The Morgan fingerprint density at radius 1 is 0.962 bits per heavy atom. The van der Waals surface area contributed by atoms with Gasteiger partial charge in [-0.3, -0.25) is 0 Å². The minimum absolute atomic E-state index is 0.661. The van der Waals surface area contributed by atoms with Gasteiger partial charge in [-0.05, 0) is 44.0 Å². The highest BCUT2D eigenvalue weighted by Gasteiger charge is 2.14. The number of nitrogens with two attached hydrogens (primary N) is 1. The number of rotatable bonds is 7. The number of unbranched alkanes of at least 4 members (excludes halogenated alkanes) is 1. The highest BCUT2D eigenvalue weighted by Crippen LogP contribution is 2.34. The van der Waals surface area contributed by atoms with Gasteiger partial charge in [0.15, 0.2) is 17.3 Å². The van der Waals surface area contributed by atoms with Crippen molar-refractivity contribution >= 4 is 26.8 Å². The van der Waals surface area contributed by atoms with Crippen molar-refractivity contribution in [1.29, 1.82) is 0 Å². The Morgan fingerprint density at radius 2 is 1.65 bits per heavy atom. The lowest BCUT2D eigenvalue weighted by Gasteiger charge is -2.13. The summed E-state index contributed by atoms with van der Waals surface area (Å²) in [6, 6.07) is 11.9. The second kappa shape index (κ2) is 8.47. The summed E-state index contributed by atoms with van der Waals surface area (Å²) < 4.78 is 11.9. The Hall–Kier alpha value is -2.18. The maximum absolute atomic E-state index is 5.65. The van der Waals surface area contributed by atoms with Crippen molar-refractivity contribution in [2.24, 2.45) is 5.73 Å². The van der Waals surface area contributed by atoms with E-state index in [1.165, 1.54) is 0 Å². The number of aryl methyl sites for hydroxylation is 1. The summed E-state index contributed by atoms with van der Waals surface area (Å²) in [6.45, 7) is 0.680. The minimum atomic E-state index is 0.661. The fraction of sp³-hybridized carbons (Fsp3) is 0.300. The van der Waals surface area contributed by atoms with Crippen molar-refractivity contribution in [3.8, 4) is 22.9 Å². The second-order valence-electron chi connectivity index (χ2n) is 5.97. The van der Waals surface area contributed by atoms with Gasteiger partial charge in [-0.25, -0.2) is 9.97 Å². The molecular formula is C20H22BrN3O2. The first kappa shape index (κ1) is 18.6. The van der Waals surface area contributed by atoms with Gasteiger partial charge in [0.1, 0.15) is 0 Å². The number of halogens is 1. The lowest BCUT2D eigenvalue weighted by Crippen LogP contribution is -2.03. The van der Waals surface area contributed by atoms with Crippen molar-refractivity contribution < 1.29 is 9.47 Å². The first-order valence-corrected chi connectivity index (χ1v) is 9.34. The number of methoxy groups -OCH3 is 2. The van der Waals surface area contributed by atoms with Gasteiger partial charge in [0.2, 0.25) is 0 Å². The molecule has 0 fully saturated rings. The predicted octanol–water partition coefficient (Wildman–Crippen LogP) is 4.36. The van der Waals surface area contributed by atoms with Crippen LogP contribution < -0.4 is 15.2 Å². The number of hydrogen-bond acceptors (Lipinski definition) is 5. The molecule has 3 rings (SSSR count). The van der Waals surface area contributed by atoms with Gasteiger partial charge in [0, 0.05) is 21.5 Å². The fourth-order valence-electron chi connectivity index (χ4n) is 2.87. The second-order valence-corrected chi connectivity index (χ2v) is 6.89. The van der Waals surface area contributed by atoms with Crippen LogP contribution in [0.2, 0.25) is 0 Å². The quantitative estimate of drug-likeness (QED) is 0.580. The molecule has 0 aliphatic heterocycles. The van der Waals surface area contributed by atoms with Crippen LogP contribution in [0.4, 0.5) is 0 Å². The number of hydrogen-bond donors (Lipinski definition) is 1. The summed E-state index contributed by atoms with van der Waals surface area (Å²) in [7, 11) is 3.26. The topological polar surface area (TPSA) is 70.3 Å². The summed E-state index contributed by atoms with van der Waals surface area (Å²) in [6.07, 6.45) is 2.79. The van der Waals surface area contributed by atoms with Crippen LogP contribution in [0.1, 0.15) is 18.5 Å². The van der Waals surface area contributed by atoms with Crippen LogP contribution in [0.25, 0.3) is 22.3 Å². The average Bonchev–Trinajstić information content (AvgIpc) is 2.67. The van der Waals surface area contributed by atoms with Gasteiger partial charge in [-0.15, -0.1) is 0 Å². The molecule has 0 saturated carbocycles. The van der Waals surface area contributed by atoms with Crippen molar-refractivity contribution in [2.75, 3.05) is 20.8 Å². The molecule has 0 aliphatic rings. The van der Waals surface area contributed by atoms with E-state index < -0.39 is 0 Å². The van der Waals surface area contributed by atoms with Crippen LogP contribution in [0.5, 0.6) is 11.5 Å². The molecule has 1 heterocycles. The van der Waals surface area contributed by atoms with E-state index in [2.05, 4.69) is 15.9 Å². The predicted molar refractivity (Wildman–Crippen MR) is 108 cm³/mol. The highest BCUT2D eigenvalue weighted by molar-refractivity contribution is 9.10. The molecule has 26 heavy (non-hydrogen) atoms. The van der Waals surface area contributed by atoms with Crippen LogP contribution in [-0.4, -0.2) is 30.7 Å². The molecule has 0 atom stereocenters. The largest absolute Gasteiger partial charge is 0.493 e. The molecule has 0 amide bonds. The van der Waals surface area contributed by atoms with E-state index in [1.807, 2.05) is 36.4 Å². The fourth-order valence-corrected chi connectivity index (χ4v) is 3.14. The lowest BCUT2D eigenvalue weighted by atomic mass is 10.1. The van der Waals surface area contributed by atoms with Gasteiger partial charge < -0.3 is 15.2 Å². The summed E-state index contributed by atoms with van der Waals surface area (Å²) in [4.78, 5) is 9.60. The smallest absolute Gasteiger partial charge is 0.162 e. The van der Waals surface area contributed by atoms with E-state index in [4.69, 9.17) is 25.2 Å². The van der Waals surface area contributed by atoms with E-state index >= 15 is 0 Å². The lowest BCUT2D eigenvalue weighted by molar-refractivity contribution is 0.355. The monoisotopic (exact) mass is 415 g/mol. The Bertz CT molecular complexity index is 898. The third kappa shape index (κ3) is 3.97. The van der Waals surface area contributed by atoms with E-state index in [9.17, 15) is 0 Å². The zero-order valence-corrected chi connectivity index (χ0v) is 16.5. The molecule has 136 valence electrons. The molecule has 1 aromatic heterocycles. The van der Waals surface area contributed by atoms with Gasteiger partial charge >= 0.3 is 0 Å². The Labute approximate surface area is 161 Å². The first-order chi connectivity index (χ1) is 12.7. The van der Waals surface area contributed by atoms with Crippen molar-refractivity contribution in [2.45, 2.75) is 19.3 Å². The molecule has 2 aromatic carbocycles. The molecular weight excluding hydrogens is 394 g/mol. The Balaban J connectivity index is 2.15. The van der Waals surface area contributed by atoms with Gasteiger partial charge in [0.05, 0.1) is 25.4 Å². The van der Waals surface area contributed by atoms with Gasteiger partial charge in [-0.1, -0.05) is 28.1 Å². The van der Waals surface area contributed by atoms with E-state index in [1.54, 1.807) is 14.2 Å². The number of aromatic nitrogens is 2. The normalized spacial score (nSPS) is 10.9. The minimum Gasteiger partial charge on any atom is -0.493 e. The Kier molecular flexibility index (Phi) is 6.06. The van der Waals surface area contributed by atoms with Crippen molar-refractivity contribution in [1.82, 2.24) is 9.97 Å². The molecule has 6 heteroatoms. The van der Waals surface area contributed by atoms with Crippen LogP contribution in [-0.2, 0) is 6.42 Å². The van der Waals surface area contributed by atoms with Crippen LogP contribution in [0, 0.1) is 0 Å². The zero-order chi connectivity index (χ0) is 18.5. The molecule has 3 aromatic rings. The third-order valence-corrected chi connectivity index (χ3v) is 4.78. The third-order valence-electron chi connectivity index (χ3n) is 4.25. The highest BCUT2D eigenvalue weighted by atomic mass is 79.9. The van der Waals surface area contributed by atoms with Gasteiger partial charge in [0.25, 0.3) is 0 Å². The number of benzene rings is 2. The summed E-state index contributed by atoms with van der Waals surface area (Å²) in [5.74, 6) is 2.05. The molecule has 5 nitrogen and oxygen atoms in total. The summed E-state index contributed by atoms with van der Waals surface area (Å²) >= 11 is 3.47. The average molecular weight is 416 g/mol. The van der Waals surface area contributed by atoms with Crippen molar-refractivity contribution in [3.05, 3.63) is 46.6 Å². The van der Waals surface area contributed by atoms with Crippen LogP contribution in [0.3, 0.4) is 0 Å². The zero-order valence-electron chi connectivity index (χ0n) is 15.0. The number of ether oxygens (including phenoxy) is 2. The standard InChI is InChI=1S/C20H22BrN3O2/c1-25-18-11-15-16(5-3-4-10-22)23-20(13-6-8-14(21)9-7-13)24-17(15)12-19(18)26-2/h6-9,11-12H,3-5,10,22H2,1-2H3. The molecule has 0 saturated heterocycles. The molecule has 0 radical (unpaired) electrons. The summed E-state index contributed by atoms with van der Waals surface area (Å²) in [5, 5.41) is 0.987. The van der Waals surface area contributed by atoms with Crippen LogP contribution in [0.15, 0.2) is 40.9 Å². The molecule has 0 spiro atoms. The van der Waals surface area contributed by atoms with Crippen molar-refractivity contribution in [3.63, 3.8) is 0 Å². The molecule has 2 N–H and O–H groups in total. The molecule has 0 unspecified atom stereocenters. The SMILES string of the molecule is COc1cc2nc(-c3ccc(Br)cc3)nc(CCCCN)c2cc1OC. The molecule has 0 aliphatic carbocycles. The Morgan fingerprint density at radius 3 is 2.31 bits per heavy atom. The molecule has 0 bridgehead atoms. The van der Waals surface area contributed by atoms with E-state index in [0.717, 1.165) is 45.9 Å². The maximum atomic E-state index is 5.65. The van der Waals surface area contributed by atoms with E-state index in [-0.39, 0.29) is 0 Å². The maximum Gasteiger partial charge on any atom is 0.162 e. The first-order valence-electron chi connectivity index (χ1n) is 8.55. The van der Waals surface area contributed by atoms with E-state index in [0.29, 0.717) is 23.9 Å². The number of fused-ring (bicyclic) bond motifs is 1.